The molecule has 0 aliphatic heterocycles. The molecule has 2 aromatic carbocycles. The Morgan fingerprint density at radius 3 is 2.59 bits per heavy atom. The maximum Gasteiger partial charge on any atom is 0.181 e. The molecule has 0 saturated heterocycles. The second-order valence-corrected chi connectivity index (χ2v) is 6.55. The SMILES string of the molecule is C=C=C(C)Cc1nc(-c2ccc(CC)cc2)nn1Cc1cccc(OC)c1. The van der Waals surface area contributed by atoms with Gasteiger partial charge in [0.2, 0.25) is 0 Å². The summed E-state index contributed by atoms with van der Waals surface area (Å²) in [7, 11) is 1.68. The van der Waals surface area contributed by atoms with Crippen molar-refractivity contribution in [3.05, 3.63) is 83.4 Å². The molecule has 3 aromatic rings. The Morgan fingerprint density at radius 1 is 1.15 bits per heavy atom. The van der Waals surface area contributed by atoms with E-state index in [2.05, 4.69) is 49.6 Å². The van der Waals surface area contributed by atoms with E-state index in [-0.39, 0.29) is 0 Å². The van der Waals surface area contributed by atoms with Gasteiger partial charge in [0.15, 0.2) is 5.82 Å². The number of methoxy groups -OCH3 is 1. The third-order valence-electron chi connectivity index (χ3n) is 4.56. The van der Waals surface area contributed by atoms with Crippen LogP contribution < -0.4 is 4.74 Å². The van der Waals surface area contributed by atoms with E-state index in [1.54, 1.807) is 7.11 Å². The molecule has 138 valence electrons. The van der Waals surface area contributed by atoms with E-state index in [1.165, 1.54) is 5.56 Å². The lowest BCUT2D eigenvalue weighted by molar-refractivity contribution is 0.414. The van der Waals surface area contributed by atoms with Crippen molar-refractivity contribution < 1.29 is 4.74 Å². The van der Waals surface area contributed by atoms with E-state index >= 15 is 0 Å². The predicted molar refractivity (Wildman–Crippen MR) is 109 cm³/mol. The molecule has 0 bridgehead atoms. The van der Waals surface area contributed by atoms with Crippen molar-refractivity contribution in [2.24, 2.45) is 0 Å². The topological polar surface area (TPSA) is 39.9 Å². The molecule has 0 fully saturated rings. The maximum absolute atomic E-state index is 5.33. The van der Waals surface area contributed by atoms with Gasteiger partial charge in [-0.15, -0.1) is 5.73 Å². The van der Waals surface area contributed by atoms with Crippen molar-refractivity contribution in [1.82, 2.24) is 14.8 Å². The summed E-state index contributed by atoms with van der Waals surface area (Å²) in [5.74, 6) is 2.49. The van der Waals surface area contributed by atoms with Crippen LogP contribution in [-0.4, -0.2) is 21.9 Å². The van der Waals surface area contributed by atoms with Gasteiger partial charge in [-0.3, -0.25) is 0 Å². The van der Waals surface area contributed by atoms with Crippen molar-refractivity contribution in [2.75, 3.05) is 7.11 Å². The summed E-state index contributed by atoms with van der Waals surface area (Å²) < 4.78 is 7.29. The number of hydrogen-bond donors (Lipinski definition) is 0. The first kappa shape index (κ1) is 18.7. The lowest BCUT2D eigenvalue weighted by atomic mass is 10.1. The van der Waals surface area contributed by atoms with Crippen LogP contribution in [0.3, 0.4) is 0 Å². The fourth-order valence-electron chi connectivity index (χ4n) is 2.89. The molecule has 4 heteroatoms. The van der Waals surface area contributed by atoms with Crippen molar-refractivity contribution in [2.45, 2.75) is 33.2 Å². The number of nitrogens with zero attached hydrogens (tertiary/aromatic N) is 3. The van der Waals surface area contributed by atoms with E-state index in [4.69, 9.17) is 14.8 Å². The minimum absolute atomic E-state index is 0.636. The van der Waals surface area contributed by atoms with Gasteiger partial charge in [-0.25, -0.2) is 9.67 Å². The van der Waals surface area contributed by atoms with Crippen LogP contribution in [0.15, 0.2) is 66.4 Å². The van der Waals surface area contributed by atoms with Gasteiger partial charge in [0.1, 0.15) is 11.6 Å². The Bertz CT molecular complexity index is 964. The molecular weight excluding hydrogens is 334 g/mol. The maximum atomic E-state index is 5.33. The van der Waals surface area contributed by atoms with Crippen molar-refractivity contribution in [1.29, 1.82) is 0 Å². The van der Waals surface area contributed by atoms with Crippen LogP contribution in [0.5, 0.6) is 5.75 Å². The third-order valence-corrected chi connectivity index (χ3v) is 4.56. The highest BCUT2D eigenvalue weighted by Crippen LogP contribution is 2.20. The number of benzene rings is 2. The molecule has 0 amide bonds. The fourth-order valence-corrected chi connectivity index (χ4v) is 2.89. The molecule has 0 aliphatic rings. The van der Waals surface area contributed by atoms with Gasteiger partial charge < -0.3 is 4.74 Å². The van der Waals surface area contributed by atoms with Gasteiger partial charge in [-0.2, -0.15) is 5.10 Å². The van der Waals surface area contributed by atoms with Crippen LogP contribution in [0.25, 0.3) is 11.4 Å². The summed E-state index contributed by atoms with van der Waals surface area (Å²) in [6.07, 6.45) is 1.69. The molecule has 0 radical (unpaired) electrons. The zero-order valence-corrected chi connectivity index (χ0v) is 16.2. The number of rotatable bonds is 7. The smallest absolute Gasteiger partial charge is 0.181 e. The lowest BCUT2D eigenvalue weighted by Gasteiger charge is -2.07. The average molecular weight is 359 g/mol. The minimum Gasteiger partial charge on any atom is -0.497 e. The molecular formula is C23H25N3O. The molecule has 1 aromatic heterocycles. The average Bonchev–Trinajstić information content (AvgIpc) is 3.10. The lowest BCUT2D eigenvalue weighted by Crippen LogP contribution is -2.07. The molecule has 3 rings (SSSR count). The van der Waals surface area contributed by atoms with Crippen LogP contribution in [0.1, 0.15) is 30.8 Å². The summed E-state index contributed by atoms with van der Waals surface area (Å²) in [4.78, 5) is 4.79. The van der Waals surface area contributed by atoms with Crippen LogP contribution in [0.2, 0.25) is 0 Å². The Hall–Kier alpha value is -3.10. The van der Waals surface area contributed by atoms with E-state index in [9.17, 15) is 0 Å². The van der Waals surface area contributed by atoms with E-state index in [1.807, 2.05) is 29.8 Å². The Balaban J connectivity index is 1.96. The molecule has 0 spiro atoms. The highest BCUT2D eigenvalue weighted by molar-refractivity contribution is 5.55. The molecule has 0 unspecified atom stereocenters. The largest absolute Gasteiger partial charge is 0.497 e. The summed E-state index contributed by atoms with van der Waals surface area (Å²) in [6, 6.07) is 16.5. The zero-order chi connectivity index (χ0) is 19.2. The van der Waals surface area contributed by atoms with E-state index in [0.29, 0.717) is 13.0 Å². The van der Waals surface area contributed by atoms with Crippen LogP contribution >= 0.6 is 0 Å². The Morgan fingerprint density at radius 2 is 1.93 bits per heavy atom. The molecule has 27 heavy (non-hydrogen) atoms. The molecule has 0 aliphatic carbocycles. The first-order valence-corrected chi connectivity index (χ1v) is 9.14. The second-order valence-electron chi connectivity index (χ2n) is 6.55. The van der Waals surface area contributed by atoms with Gasteiger partial charge >= 0.3 is 0 Å². The summed E-state index contributed by atoms with van der Waals surface area (Å²) in [6.45, 7) is 8.54. The minimum atomic E-state index is 0.636. The van der Waals surface area contributed by atoms with Gasteiger partial charge in [-0.05, 0) is 42.2 Å². The normalized spacial score (nSPS) is 10.5. The quantitative estimate of drug-likeness (QED) is 0.567. The second kappa shape index (κ2) is 8.52. The summed E-state index contributed by atoms with van der Waals surface area (Å²) >= 11 is 0. The molecule has 0 saturated carbocycles. The van der Waals surface area contributed by atoms with Gasteiger partial charge in [0.25, 0.3) is 0 Å². The number of aryl methyl sites for hydroxylation is 1. The van der Waals surface area contributed by atoms with Crippen LogP contribution in [-0.2, 0) is 19.4 Å². The number of ether oxygens (including phenoxy) is 1. The molecule has 0 atom stereocenters. The summed E-state index contributed by atoms with van der Waals surface area (Å²) in [5.41, 5.74) is 7.45. The zero-order valence-electron chi connectivity index (χ0n) is 16.2. The highest BCUT2D eigenvalue weighted by Gasteiger charge is 2.13. The number of allylic oxidation sites excluding steroid dienone is 1. The first-order chi connectivity index (χ1) is 13.1. The van der Waals surface area contributed by atoms with Gasteiger partial charge in [0.05, 0.1) is 13.7 Å². The van der Waals surface area contributed by atoms with Crippen molar-refractivity contribution in [3.63, 3.8) is 0 Å². The number of hydrogen-bond acceptors (Lipinski definition) is 3. The predicted octanol–water partition coefficient (Wildman–Crippen LogP) is 4.84. The van der Waals surface area contributed by atoms with Crippen LogP contribution in [0.4, 0.5) is 0 Å². The Labute approximate surface area is 160 Å². The Kier molecular flexibility index (Phi) is 5.90. The van der Waals surface area contributed by atoms with E-state index < -0.39 is 0 Å². The fraction of sp³-hybridized carbons (Fsp3) is 0.261. The van der Waals surface area contributed by atoms with Crippen molar-refractivity contribution in [3.8, 4) is 17.1 Å². The van der Waals surface area contributed by atoms with Crippen LogP contribution in [0, 0.1) is 0 Å². The first-order valence-electron chi connectivity index (χ1n) is 9.14. The number of aromatic nitrogens is 3. The van der Waals surface area contributed by atoms with Crippen molar-refractivity contribution >= 4 is 0 Å². The van der Waals surface area contributed by atoms with Gasteiger partial charge in [0, 0.05) is 12.0 Å². The highest BCUT2D eigenvalue weighted by atomic mass is 16.5. The monoisotopic (exact) mass is 359 g/mol. The molecule has 0 N–H and O–H groups in total. The molecule has 1 heterocycles. The third kappa shape index (κ3) is 4.55. The van der Waals surface area contributed by atoms with E-state index in [0.717, 1.165) is 40.5 Å². The summed E-state index contributed by atoms with van der Waals surface area (Å²) in [5, 5.41) is 4.78. The standard InChI is InChI=1S/C23H25N3O/c1-5-17(3)14-22-24-23(20-12-10-18(6-2)11-13-20)25-26(22)16-19-8-7-9-21(15-19)27-4/h7-13,15H,1,6,14,16H2,2-4H3. The molecule has 4 nitrogen and oxygen atoms in total. The van der Waals surface area contributed by atoms with Gasteiger partial charge in [-0.1, -0.05) is 49.9 Å².